The van der Waals surface area contributed by atoms with Crippen LogP contribution >= 0.6 is 0 Å². The van der Waals surface area contributed by atoms with Crippen molar-refractivity contribution in [2.75, 3.05) is 14.2 Å². The summed E-state index contributed by atoms with van der Waals surface area (Å²) in [6.07, 6.45) is 0. The van der Waals surface area contributed by atoms with Crippen molar-refractivity contribution in [1.82, 2.24) is 0 Å². The third-order valence-corrected chi connectivity index (χ3v) is 1.60. The Kier molecular flexibility index (Phi) is 4.19. The predicted molar refractivity (Wildman–Crippen MR) is 51.0 cm³/mol. The Morgan fingerprint density at radius 1 is 1.08 bits per heavy atom. The summed E-state index contributed by atoms with van der Waals surface area (Å²) in [4.78, 5) is 0. The lowest BCUT2D eigenvalue weighted by atomic mass is 10.2. The fourth-order valence-electron chi connectivity index (χ4n) is 0.978. The van der Waals surface area contributed by atoms with E-state index in [-0.39, 0.29) is 7.43 Å². The van der Waals surface area contributed by atoms with Gasteiger partial charge in [-0.1, -0.05) is 7.43 Å². The fourth-order valence-corrected chi connectivity index (χ4v) is 0.978. The molecule has 0 aromatic heterocycles. The maximum Gasteiger partial charge on any atom is 0.122 e. The van der Waals surface area contributed by atoms with Crippen molar-refractivity contribution in [3.05, 3.63) is 23.8 Å². The molecule has 2 nitrogen and oxygen atoms in total. The predicted octanol–water partition coefficient (Wildman–Crippen LogP) is 2.65. The molecule has 12 heavy (non-hydrogen) atoms. The van der Waals surface area contributed by atoms with Gasteiger partial charge in [-0.3, -0.25) is 0 Å². The summed E-state index contributed by atoms with van der Waals surface area (Å²) in [6.45, 7) is 1.99. The first kappa shape index (κ1) is 10.8. The second-order valence-corrected chi connectivity index (χ2v) is 2.34. The highest BCUT2D eigenvalue weighted by molar-refractivity contribution is 5.39. The smallest absolute Gasteiger partial charge is 0.122 e. The van der Waals surface area contributed by atoms with E-state index in [2.05, 4.69) is 0 Å². The molecular weight excluding hydrogens is 152 g/mol. The number of ether oxygens (including phenoxy) is 2. The highest BCUT2D eigenvalue weighted by atomic mass is 16.5. The standard InChI is InChI=1S/C9H12O2.CH4/c1-7-6-8(10-2)4-5-9(7)11-3;/h4-6H,1-3H3;1H4. The van der Waals surface area contributed by atoms with Gasteiger partial charge in [0, 0.05) is 0 Å². The summed E-state index contributed by atoms with van der Waals surface area (Å²) in [7, 11) is 3.32. The van der Waals surface area contributed by atoms with Gasteiger partial charge in [-0.15, -0.1) is 0 Å². The molecule has 0 amide bonds. The Morgan fingerprint density at radius 3 is 2.17 bits per heavy atom. The summed E-state index contributed by atoms with van der Waals surface area (Å²) in [5.41, 5.74) is 1.09. The first-order chi connectivity index (χ1) is 5.27. The van der Waals surface area contributed by atoms with Gasteiger partial charge in [0.25, 0.3) is 0 Å². The van der Waals surface area contributed by atoms with Gasteiger partial charge < -0.3 is 9.47 Å². The normalized spacial score (nSPS) is 8.58. The SMILES string of the molecule is C.COc1ccc(OC)c(C)c1. The molecule has 0 saturated carbocycles. The molecule has 0 unspecified atom stereocenters. The van der Waals surface area contributed by atoms with Crippen LogP contribution < -0.4 is 9.47 Å². The summed E-state index contributed by atoms with van der Waals surface area (Å²) >= 11 is 0. The average molecular weight is 168 g/mol. The molecule has 1 aromatic carbocycles. The zero-order chi connectivity index (χ0) is 8.27. The van der Waals surface area contributed by atoms with Crippen molar-refractivity contribution in [1.29, 1.82) is 0 Å². The number of benzene rings is 1. The Hall–Kier alpha value is -1.18. The van der Waals surface area contributed by atoms with Gasteiger partial charge in [0.05, 0.1) is 14.2 Å². The van der Waals surface area contributed by atoms with Gasteiger partial charge in [0.2, 0.25) is 0 Å². The Labute approximate surface area is 74.1 Å². The molecule has 68 valence electrons. The average Bonchev–Trinajstić information content (AvgIpc) is 2.04. The second-order valence-electron chi connectivity index (χ2n) is 2.34. The molecule has 0 fully saturated rings. The van der Waals surface area contributed by atoms with Crippen LogP contribution in [0.4, 0.5) is 0 Å². The lowest BCUT2D eigenvalue weighted by molar-refractivity contribution is 0.400. The molecule has 0 aliphatic rings. The maximum absolute atomic E-state index is 5.09. The van der Waals surface area contributed by atoms with Crippen LogP contribution in [-0.2, 0) is 0 Å². The number of methoxy groups -OCH3 is 2. The molecule has 0 saturated heterocycles. The molecular formula is C10H16O2. The molecule has 0 heterocycles. The monoisotopic (exact) mass is 168 g/mol. The topological polar surface area (TPSA) is 18.5 Å². The first-order valence-corrected chi connectivity index (χ1v) is 3.46. The number of hydrogen-bond acceptors (Lipinski definition) is 2. The molecule has 1 aromatic rings. The van der Waals surface area contributed by atoms with Crippen LogP contribution in [0.2, 0.25) is 0 Å². The summed E-state index contributed by atoms with van der Waals surface area (Å²) in [6, 6.07) is 5.72. The number of aryl methyl sites for hydroxylation is 1. The molecule has 0 bridgehead atoms. The van der Waals surface area contributed by atoms with Crippen molar-refractivity contribution in [3.63, 3.8) is 0 Å². The van der Waals surface area contributed by atoms with E-state index in [9.17, 15) is 0 Å². The van der Waals surface area contributed by atoms with E-state index in [1.807, 2.05) is 25.1 Å². The highest BCUT2D eigenvalue weighted by Gasteiger charge is 1.97. The van der Waals surface area contributed by atoms with E-state index < -0.39 is 0 Å². The summed E-state index contributed by atoms with van der Waals surface area (Å²) < 4.78 is 10.1. The summed E-state index contributed by atoms with van der Waals surface area (Å²) in [5.74, 6) is 1.76. The Bertz CT molecular complexity index is 244. The van der Waals surface area contributed by atoms with Gasteiger partial charge in [-0.2, -0.15) is 0 Å². The molecule has 0 N–H and O–H groups in total. The van der Waals surface area contributed by atoms with E-state index in [1.54, 1.807) is 14.2 Å². The number of hydrogen-bond donors (Lipinski definition) is 0. The summed E-state index contributed by atoms with van der Waals surface area (Å²) in [5, 5.41) is 0. The maximum atomic E-state index is 5.09. The lowest BCUT2D eigenvalue weighted by Gasteiger charge is -2.05. The van der Waals surface area contributed by atoms with Crippen LogP contribution in [0, 0.1) is 6.92 Å². The molecule has 2 heteroatoms. The van der Waals surface area contributed by atoms with Crippen LogP contribution in [-0.4, -0.2) is 14.2 Å². The van der Waals surface area contributed by atoms with Crippen LogP contribution in [0.5, 0.6) is 11.5 Å². The minimum absolute atomic E-state index is 0. The van der Waals surface area contributed by atoms with E-state index >= 15 is 0 Å². The van der Waals surface area contributed by atoms with Gasteiger partial charge in [0.1, 0.15) is 11.5 Å². The van der Waals surface area contributed by atoms with E-state index in [0.717, 1.165) is 17.1 Å². The van der Waals surface area contributed by atoms with Gasteiger partial charge >= 0.3 is 0 Å². The van der Waals surface area contributed by atoms with Crippen LogP contribution in [0.3, 0.4) is 0 Å². The largest absolute Gasteiger partial charge is 0.497 e. The number of rotatable bonds is 2. The fraction of sp³-hybridized carbons (Fsp3) is 0.400. The molecule has 0 atom stereocenters. The quantitative estimate of drug-likeness (QED) is 0.676. The minimum Gasteiger partial charge on any atom is -0.497 e. The Morgan fingerprint density at radius 2 is 1.75 bits per heavy atom. The Balaban J connectivity index is 0.00000121. The van der Waals surface area contributed by atoms with E-state index in [0.29, 0.717) is 0 Å². The van der Waals surface area contributed by atoms with Crippen molar-refractivity contribution < 1.29 is 9.47 Å². The van der Waals surface area contributed by atoms with Gasteiger partial charge in [-0.25, -0.2) is 0 Å². The third kappa shape index (κ3) is 2.16. The molecule has 0 aliphatic carbocycles. The molecule has 1 rings (SSSR count). The van der Waals surface area contributed by atoms with Gasteiger partial charge in [0.15, 0.2) is 0 Å². The van der Waals surface area contributed by atoms with Crippen molar-refractivity contribution >= 4 is 0 Å². The van der Waals surface area contributed by atoms with E-state index in [1.165, 1.54) is 0 Å². The first-order valence-electron chi connectivity index (χ1n) is 3.46. The van der Waals surface area contributed by atoms with Crippen LogP contribution in [0.25, 0.3) is 0 Å². The van der Waals surface area contributed by atoms with Crippen LogP contribution in [0.15, 0.2) is 18.2 Å². The zero-order valence-corrected chi connectivity index (χ0v) is 7.05. The molecule has 0 radical (unpaired) electrons. The van der Waals surface area contributed by atoms with Crippen LogP contribution in [0.1, 0.15) is 13.0 Å². The minimum atomic E-state index is 0. The molecule has 0 aliphatic heterocycles. The van der Waals surface area contributed by atoms with E-state index in [4.69, 9.17) is 9.47 Å². The zero-order valence-electron chi connectivity index (χ0n) is 7.05. The second kappa shape index (κ2) is 4.65. The van der Waals surface area contributed by atoms with Crippen molar-refractivity contribution in [3.8, 4) is 11.5 Å². The lowest BCUT2D eigenvalue weighted by Crippen LogP contribution is -1.88. The highest BCUT2D eigenvalue weighted by Crippen LogP contribution is 2.22. The van der Waals surface area contributed by atoms with Crippen molar-refractivity contribution in [2.45, 2.75) is 14.4 Å². The van der Waals surface area contributed by atoms with Crippen molar-refractivity contribution in [2.24, 2.45) is 0 Å². The molecule has 0 spiro atoms. The van der Waals surface area contributed by atoms with Gasteiger partial charge in [-0.05, 0) is 30.7 Å². The third-order valence-electron chi connectivity index (χ3n) is 1.60.